The van der Waals surface area contributed by atoms with E-state index in [4.69, 9.17) is 21.3 Å². The molecular formula is C23H22ClFN4O2. The Labute approximate surface area is 184 Å². The lowest BCUT2D eigenvalue weighted by molar-refractivity contribution is -0.124. The van der Waals surface area contributed by atoms with E-state index in [2.05, 4.69) is 29.1 Å². The monoisotopic (exact) mass is 440 g/mol. The van der Waals surface area contributed by atoms with Crippen molar-refractivity contribution in [2.24, 2.45) is 5.41 Å². The van der Waals surface area contributed by atoms with E-state index in [1.165, 1.54) is 18.2 Å². The van der Waals surface area contributed by atoms with Gasteiger partial charge in [0.1, 0.15) is 11.6 Å². The number of carbonyl (C=O) groups excluding carboxylic acids is 1. The molecule has 4 rings (SSSR count). The summed E-state index contributed by atoms with van der Waals surface area (Å²) in [5.74, 6) is 0.148. The Morgan fingerprint density at radius 2 is 2.06 bits per heavy atom. The molecule has 1 aliphatic rings. The summed E-state index contributed by atoms with van der Waals surface area (Å²) < 4.78 is 18.7. The molecule has 0 radical (unpaired) electrons. The molecule has 0 saturated carbocycles. The number of rotatable bonds is 5. The van der Waals surface area contributed by atoms with Crippen LogP contribution >= 0.6 is 11.6 Å². The summed E-state index contributed by atoms with van der Waals surface area (Å²) in [6, 6.07) is 7.49. The number of nitrogens with one attached hydrogen (secondary N) is 1. The lowest BCUT2D eigenvalue weighted by Crippen LogP contribution is -2.39. The molecule has 2 aromatic heterocycles. The zero-order valence-corrected chi connectivity index (χ0v) is 18.0. The maximum Gasteiger partial charge on any atom is 0.258 e. The zero-order chi connectivity index (χ0) is 22.0. The third-order valence-corrected chi connectivity index (χ3v) is 5.50. The molecule has 1 amide bonds. The van der Waals surface area contributed by atoms with Gasteiger partial charge in [0.25, 0.3) is 5.91 Å². The van der Waals surface area contributed by atoms with E-state index in [9.17, 15) is 9.18 Å². The molecule has 0 saturated heterocycles. The predicted octanol–water partition coefficient (Wildman–Crippen LogP) is 4.54. The van der Waals surface area contributed by atoms with E-state index in [0.717, 1.165) is 29.7 Å². The predicted molar refractivity (Wildman–Crippen MR) is 115 cm³/mol. The summed E-state index contributed by atoms with van der Waals surface area (Å²) in [6.07, 6.45) is 6.75. The number of hydrogen-bond acceptors (Lipinski definition) is 5. The van der Waals surface area contributed by atoms with Gasteiger partial charge in [-0.15, -0.1) is 0 Å². The van der Waals surface area contributed by atoms with Crippen LogP contribution in [-0.4, -0.2) is 27.5 Å². The lowest BCUT2D eigenvalue weighted by atomic mass is 9.74. The molecule has 0 aliphatic heterocycles. The van der Waals surface area contributed by atoms with Gasteiger partial charge in [0.15, 0.2) is 12.4 Å². The minimum atomic E-state index is -0.536. The third kappa shape index (κ3) is 4.99. The van der Waals surface area contributed by atoms with Crippen molar-refractivity contribution in [3.05, 3.63) is 71.0 Å². The van der Waals surface area contributed by atoms with Crippen LogP contribution in [0.2, 0.25) is 5.02 Å². The molecule has 1 aliphatic carbocycles. The van der Waals surface area contributed by atoms with Crippen LogP contribution in [0.15, 0.2) is 48.9 Å². The Kier molecular flexibility index (Phi) is 5.87. The molecule has 31 heavy (non-hydrogen) atoms. The van der Waals surface area contributed by atoms with Gasteiger partial charge >= 0.3 is 0 Å². The van der Waals surface area contributed by atoms with Gasteiger partial charge in [0.2, 0.25) is 0 Å². The van der Waals surface area contributed by atoms with Crippen LogP contribution < -0.4 is 10.1 Å². The largest absolute Gasteiger partial charge is 0.484 e. The molecule has 3 aromatic rings. The lowest BCUT2D eigenvalue weighted by Gasteiger charge is -2.36. The first-order valence-corrected chi connectivity index (χ1v) is 10.3. The molecule has 1 atom stereocenters. The van der Waals surface area contributed by atoms with Gasteiger partial charge < -0.3 is 10.1 Å². The number of halogens is 2. The molecule has 2 heterocycles. The summed E-state index contributed by atoms with van der Waals surface area (Å²) >= 11 is 5.76. The van der Waals surface area contributed by atoms with Gasteiger partial charge in [-0.25, -0.2) is 14.4 Å². The first-order chi connectivity index (χ1) is 14.8. The molecule has 0 fully saturated rings. The SMILES string of the molecule is CC1(C)Cc2nc(-c3ccncc3)ncc2C(NC(=O)COc2ccc(F)c(Cl)c2)C1. The molecule has 1 aromatic carbocycles. The quantitative estimate of drug-likeness (QED) is 0.630. The van der Waals surface area contributed by atoms with Crippen LogP contribution in [0.5, 0.6) is 5.75 Å². The highest BCUT2D eigenvalue weighted by Gasteiger charge is 2.34. The highest BCUT2D eigenvalue weighted by Crippen LogP contribution is 2.40. The van der Waals surface area contributed by atoms with Gasteiger partial charge in [-0.1, -0.05) is 25.4 Å². The van der Waals surface area contributed by atoms with Crippen LogP contribution in [0, 0.1) is 11.2 Å². The van der Waals surface area contributed by atoms with E-state index in [1.807, 2.05) is 12.1 Å². The third-order valence-electron chi connectivity index (χ3n) is 5.21. The highest BCUT2D eigenvalue weighted by molar-refractivity contribution is 6.30. The molecule has 1 unspecified atom stereocenters. The second kappa shape index (κ2) is 8.59. The van der Waals surface area contributed by atoms with Crippen molar-refractivity contribution >= 4 is 17.5 Å². The summed E-state index contributed by atoms with van der Waals surface area (Å²) in [6.45, 7) is 4.10. The standard InChI is InChI=1S/C23H22ClFN4O2/c1-23(2)10-19(28-21(30)13-31-15-3-4-18(25)17(24)9-15)16-12-27-22(29-20(16)11-23)14-5-7-26-8-6-14/h3-9,12,19H,10-11,13H2,1-2H3,(H,28,30). The fourth-order valence-corrected chi connectivity index (χ4v) is 3.94. The number of benzene rings is 1. The van der Waals surface area contributed by atoms with E-state index >= 15 is 0 Å². The van der Waals surface area contributed by atoms with Crippen molar-refractivity contribution in [1.82, 2.24) is 20.3 Å². The molecule has 0 bridgehead atoms. The summed E-state index contributed by atoms with van der Waals surface area (Å²) in [5, 5.41) is 2.97. The van der Waals surface area contributed by atoms with Gasteiger partial charge in [-0.05, 0) is 42.5 Å². The minimum Gasteiger partial charge on any atom is -0.484 e. The maximum absolute atomic E-state index is 13.3. The van der Waals surface area contributed by atoms with Crippen LogP contribution in [-0.2, 0) is 11.2 Å². The molecule has 6 nitrogen and oxygen atoms in total. The topological polar surface area (TPSA) is 77.0 Å². The van der Waals surface area contributed by atoms with Crippen LogP contribution in [0.4, 0.5) is 4.39 Å². The van der Waals surface area contributed by atoms with Crippen molar-refractivity contribution in [2.75, 3.05) is 6.61 Å². The van der Waals surface area contributed by atoms with Crippen LogP contribution in [0.25, 0.3) is 11.4 Å². The van der Waals surface area contributed by atoms with Crippen molar-refractivity contribution in [3.63, 3.8) is 0 Å². The first kappa shape index (κ1) is 21.2. The number of ether oxygens (including phenoxy) is 1. The maximum atomic E-state index is 13.3. The average Bonchev–Trinajstić information content (AvgIpc) is 2.74. The number of nitrogens with zero attached hydrogens (tertiary/aromatic N) is 3. The van der Waals surface area contributed by atoms with Crippen molar-refractivity contribution in [1.29, 1.82) is 0 Å². The van der Waals surface area contributed by atoms with Crippen LogP contribution in [0.3, 0.4) is 0 Å². The van der Waals surface area contributed by atoms with E-state index < -0.39 is 5.82 Å². The van der Waals surface area contributed by atoms with Gasteiger partial charge in [0, 0.05) is 35.8 Å². The average molecular weight is 441 g/mol. The van der Waals surface area contributed by atoms with E-state index in [-0.39, 0.29) is 29.0 Å². The molecule has 1 N–H and O–H groups in total. The number of pyridine rings is 1. The first-order valence-electron chi connectivity index (χ1n) is 9.94. The number of aromatic nitrogens is 3. The van der Waals surface area contributed by atoms with Crippen molar-refractivity contribution < 1.29 is 13.9 Å². The van der Waals surface area contributed by atoms with E-state index in [0.29, 0.717) is 11.6 Å². The zero-order valence-electron chi connectivity index (χ0n) is 17.2. The molecular weight excluding hydrogens is 419 g/mol. The Morgan fingerprint density at radius 1 is 1.29 bits per heavy atom. The van der Waals surface area contributed by atoms with Crippen molar-refractivity contribution in [2.45, 2.75) is 32.7 Å². The fourth-order valence-electron chi connectivity index (χ4n) is 3.77. The second-order valence-corrected chi connectivity index (χ2v) is 8.77. The molecule has 160 valence electrons. The number of hydrogen-bond donors (Lipinski definition) is 1. The Balaban J connectivity index is 1.49. The summed E-state index contributed by atoms with van der Waals surface area (Å²) in [7, 11) is 0. The van der Waals surface area contributed by atoms with Gasteiger partial charge in [-0.3, -0.25) is 9.78 Å². The fraction of sp³-hybridized carbons (Fsp3) is 0.304. The molecule has 8 heteroatoms. The Morgan fingerprint density at radius 3 is 2.81 bits per heavy atom. The molecule has 0 spiro atoms. The van der Waals surface area contributed by atoms with Crippen LogP contribution in [0.1, 0.15) is 37.6 Å². The van der Waals surface area contributed by atoms with Gasteiger partial charge in [0.05, 0.1) is 16.8 Å². The summed E-state index contributed by atoms with van der Waals surface area (Å²) in [4.78, 5) is 25.9. The summed E-state index contributed by atoms with van der Waals surface area (Å²) in [5.41, 5.74) is 2.69. The number of amides is 1. The second-order valence-electron chi connectivity index (χ2n) is 8.36. The minimum absolute atomic E-state index is 0.0415. The van der Waals surface area contributed by atoms with E-state index in [1.54, 1.807) is 18.6 Å². The smallest absolute Gasteiger partial charge is 0.258 e. The van der Waals surface area contributed by atoms with Gasteiger partial charge in [-0.2, -0.15) is 0 Å². The number of carbonyl (C=O) groups is 1. The number of fused-ring (bicyclic) bond motifs is 1. The highest BCUT2D eigenvalue weighted by atomic mass is 35.5. The Hall–Kier alpha value is -3.06. The Bertz CT molecular complexity index is 1110. The van der Waals surface area contributed by atoms with Crippen molar-refractivity contribution in [3.8, 4) is 17.1 Å². The normalized spacial score (nSPS) is 17.0.